The molecule has 8 heteroatoms. The molecule has 6 nitrogen and oxygen atoms in total. The lowest BCUT2D eigenvalue weighted by Gasteiger charge is -2.25. The first-order chi connectivity index (χ1) is 14.5. The van der Waals surface area contributed by atoms with Crippen molar-refractivity contribution in [3.63, 3.8) is 0 Å². The summed E-state index contributed by atoms with van der Waals surface area (Å²) in [4.78, 5) is 33.8. The number of hydrogen-bond donors (Lipinski definition) is 2. The summed E-state index contributed by atoms with van der Waals surface area (Å²) < 4.78 is 26.7. The summed E-state index contributed by atoms with van der Waals surface area (Å²) in [5, 5.41) is 10.8. The molecule has 2 aromatic carbocycles. The molecule has 1 unspecified atom stereocenters. The topological polar surface area (TPSA) is 86.3 Å². The van der Waals surface area contributed by atoms with Crippen molar-refractivity contribution in [3.8, 4) is 0 Å². The summed E-state index contributed by atoms with van der Waals surface area (Å²) in [6.07, 6.45) is 3.53. The van der Waals surface area contributed by atoms with Crippen molar-refractivity contribution < 1.29 is 23.5 Å². The molecule has 0 spiro atoms. The van der Waals surface area contributed by atoms with Crippen molar-refractivity contribution in [2.75, 3.05) is 6.54 Å². The van der Waals surface area contributed by atoms with E-state index in [2.05, 4.69) is 9.97 Å². The Labute approximate surface area is 170 Å². The first-order valence-corrected chi connectivity index (χ1v) is 9.23. The van der Waals surface area contributed by atoms with Gasteiger partial charge in [-0.05, 0) is 42.0 Å². The number of carbonyl (C=O) groups is 2. The van der Waals surface area contributed by atoms with Crippen LogP contribution >= 0.6 is 0 Å². The number of nitrogens with zero attached hydrogens (tertiary/aromatic N) is 2. The summed E-state index contributed by atoms with van der Waals surface area (Å²) in [6.45, 7) is 0.176. The van der Waals surface area contributed by atoms with Crippen molar-refractivity contribution in [1.29, 1.82) is 0 Å². The van der Waals surface area contributed by atoms with E-state index in [1.54, 1.807) is 6.20 Å². The Morgan fingerprint density at radius 1 is 1.03 bits per heavy atom. The highest BCUT2D eigenvalue weighted by Gasteiger charge is 2.45. The van der Waals surface area contributed by atoms with Crippen LogP contribution in [0.25, 0.3) is 5.76 Å². The van der Waals surface area contributed by atoms with Crippen LogP contribution in [0.5, 0.6) is 0 Å². The van der Waals surface area contributed by atoms with E-state index in [-0.39, 0.29) is 17.7 Å². The number of rotatable bonds is 5. The summed E-state index contributed by atoms with van der Waals surface area (Å²) in [7, 11) is 0. The number of imidazole rings is 1. The summed E-state index contributed by atoms with van der Waals surface area (Å²) in [5.74, 6) is -3.00. The number of aromatic nitrogens is 2. The third kappa shape index (κ3) is 3.59. The average Bonchev–Trinajstić information content (AvgIpc) is 3.34. The Hall–Kier alpha value is -3.81. The van der Waals surface area contributed by atoms with Gasteiger partial charge in [0, 0.05) is 30.4 Å². The van der Waals surface area contributed by atoms with E-state index < -0.39 is 35.1 Å². The van der Waals surface area contributed by atoms with Crippen LogP contribution in [0.1, 0.15) is 22.9 Å². The van der Waals surface area contributed by atoms with Crippen LogP contribution < -0.4 is 0 Å². The number of amides is 1. The van der Waals surface area contributed by atoms with E-state index in [9.17, 15) is 23.5 Å². The molecule has 0 radical (unpaired) electrons. The van der Waals surface area contributed by atoms with E-state index >= 15 is 0 Å². The van der Waals surface area contributed by atoms with Gasteiger partial charge in [-0.1, -0.05) is 12.1 Å². The third-order valence-corrected chi connectivity index (χ3v) is 5.02. The van der Waals surface area contributed by atoms with E-state index in [0.29, 0.717) is 12.0 Å². The minimum absolute atomic E-state index is 0.122. The van der Waals surface area contributed by atoms with Gasteiger partial charge in [-0.25, -0.2) is 13.8 Å². The Kier molecular flexibility index (Phi) is 5.14. The lowest BCUT2D eigenvalue weighted by atomic mass is 9.95. The van der Waals surface area contributed by atoms with Crippen LogP contribution in [0.3, 0.4) is 0 Å². The first kappa shape index (κ1) is 19.5. The van der Waals surface area contributed by atoms with Gasteiger partial charge < -0.3 is 15.0 Å². The van der Waals surface area contributed by atoms with Gasteiger partial charge in [0.1, 0.15) is 17.4 Å². The van der Waals surface area contributed by atoms with Gasteiger partial charge in [0.15, 0.2) is 0 Å². The van der Waals surface area contributed by atoms with Gasteiger partial charge in [0.25, 0.3) is 11.7 Å². The molecule has 1 saturated heterocycles. The molecule has 0 aliphatic carbocycles. The van der Waals surface area contributed by atoms with Crippen LogP contribution in [0.15, 0.2) is 66.6 Å². The Morgan fingerprint density at radius 3 is 2.27 bits per heavy atom. The zero-order valence-corrected chi connectivity index (χ0v) is 15.7. The monoisotopic (exact) mass is 409 g/mol. The van der Waals surface area contributed by atoms with Crippen LogP contribution in [0.2, 0.25) is 0 Å². The number of Topliss-reactive ketones (excluding diaryl/α,β-unsaturated/α-hetero) is 1. The third-order valence-electron chi connectivity index (χ3n) is 5.02. The zero-order valence-electron chi connectivity index (χ0n) is 15.7. The molecule has 1 fully saturated rings. The normalized spacial score (nSPS) is 18.2. The lowest BCUT2D eigenvalue weighted by molar-refractivity contribution is -0.139. The number of hydrogen-bond acceptors (Lipinski definition) is 4. The van der Waals surface area contributed by atoms with Gasteiger partial charge in [-0.15, -0.1) is 0 Å². The quantitative estimate of drug-likeness (QED) is 0.384. The molecule has 4 rings (SSSR count). The van der Waals surface area contributed by atoms with Crippen LogP contribution in [0, 0.1) is 11.6 Å². The number of likely N-dealkylation sites (tertiary alicyclic amines) is 1. The first-order valence-electron chi connectivity index (χ1n) is 9.23. The molecular formula is C22H17F2N3O3. The molecule has 2 heterocycles. The van der Waals surface area contributed by atoms with E-state index in [1.807, 2.05) is 0 Å². The second kappa shape index (κ2) is 7.90. The molecule has 0 bridgehead atoms. The number of H-pyrrole nitrogens is 1. The Balaban J connectivity index is 1.79. The largest absolute Gasteiger partial charge is 0.507 e. The van der Waals surface area contributed by atoms with Gasteiger partial charge in [0.2, 0.25) is 0 Å². The molecule has 1 aliphatic rings. The highest BCUT2D eigenvalue weighted by molar-refractivity contribution is 6.46. The molecule has 1 aromatic heterocycles. The molecule has 1 amide bonds. The van der Waals surface area contributed by atoms with Crippen molar-refractivity contribution in [2.45, 2.75) is 12.5 Å². The van der Waals surface area contributed by atoms with Crippen molar-refractivity contribution in [3.05, 3.63) is 95.1 Å². The van der Waals surface area contributed by atoms with Crippen molar-refractivity contribution >= 4 is 17.4 Å². The number of aromatic amines is 1. The Bertz CT molecular complexity index is 1110. The van der Waals surface area contributed by atoms with E-state index in [4.69, 9.17) is 0 Å². The number of halogens is 2. The van der Waals surface area contributed by atoms with Crippen molar-refractivity contribution in [1.82, 2.24) is 14.9 Å². The number of nitrogens with one attached hydrogen (secondary N) is 1. The van der Waals surface area contributed by atoms with Gasteiger partial charge in [-0.3, -0.25) is 9.59 Å². The van der Waals surface area contributed by atoms with E-state index in [0.717, 1.165) is 17.8 Å². The molecule has 0 saturated carbocycles. The number of aliphatic hydroxyl groups excluding tert-OH is 1. The standard InChI is InChI=1S/C22H17F2N3O3/c23-15-5-1-13(2-6-15)19-18(20(28)14-3-7-16(24)8-4-14)21(29)22(30)27(19)10-9-17-11-25-12-26-17/h1-8,11-12,19,28H,9-10H2,(H,25,26). The maximum atomic E-state index is 13.5. The highest BCUT2D eigenvalue weighted by atomic mass is 19.1. The van der Waals surface area contributed by atoms with Crippen LogP contribution in [-0.2, 0) is 16.0 Å². The zero-order chi connectivity index (χ0) is 21.3. The number of carbonyl (C=O) groups excluding carboxylic acids is 2. The summed E-state index contributed by atoms with van der Waals surface area (Å²) in [5.41, 5.74) is 1.33. The van der Waals surface area contributed by atoms with Gasteiger partial charge >= 0.3 is 0 Å². The molecule has 2 N–H and O–H groups in total. The number of aliphatic hydroxyl groups is 1. The minimum atomic E-state index is -0.904. The molecular weight excluding hydrogens is 392 g/mol. The molecule has 152 valence electrons. The smallest absolute Gasteiger partial charge is 0.295 e. The second-order valence-corrected chi connectivity index (χ2v) is 6.88. The predicted octanol–water partition coefficient (Wildman–Crippen LogP) is 3.35. The van der Waals surface area contributed by atoms with E-state index in [1.165, 1.54) is 47.6 Å². The predicted molar refractivity (Wildman–Crippen MR) is 104 cm³/mol. The number of ketones is 1. The average molecular weight is 409 g/mol. The summed E-state index contributed by atoms with van der Waals surface area (Å²) in [6, 6.07) is 9.42. The van der Waals surface area contributed by atoms with Crippen LogP contribution in [-0.4, -0.2) is 38.2 Å². The molecule has 1 aliphatic heterocycles. The number of benzene rings is 2. The lowest BCUT2D eigenvalue weighted by Crippen LogP contribution is -2.31. The van der Waals surface area contributed by atoms with Gasteiger partial charge in [-0.2, -0.15) is 0 Å². The molecule has 1 atom stereocenters. The fourth-order valence-corrected chi connectivity index (χ4v) is 3.53. The van der Waals surface area contributed by atoms with Crippen LogP contribution in [0.4, 0.5) is 8.78 Å². The Morgan fingerprint density at radius 2 is 1.67 bits per heavy atom. The fourth-order valence-electron chi connectivity index (χ4n) is 3.53. The fraction of sp³-hybridized carbons (Fsp3) is 0.136. The molecule has 30 heavy (non-hydrogen) atoms. The summed E-state index contributed by atoms with van der Waals surface area (Å²) >= 11 is 0. The highest BCUT2D eigenvalue weighted by Crippen LogP contribution is 2.39. The molecule has 3 aromatic rings. The maximum Gasteiger partial charge on any atom is 0.295 e. The minimum Gasteiger partial charge on any atom is -0.507 e. The van der Waals surface area contributed by atoms with Gasteiger partial charge in [0.05, 0.1) is 17.9 Å². The SMILES string of the molecule is O=C1C(=O)N(CCc2cnc[nH]2)C(c2ccc(F)cc2)C1=C(O)c1ccc(F)cc1. The maximum absolute atomic E-state index is 13.5. The second-order valence-electron chi connectivity index (χ2n) is 6.88. The van der Waals surface area contributed by atoms with Crippen molar-refractivity contribution in [2.24, 2.45) is 0 Å².